The monoisotopic (exact) mass is 393 g/mol. The van der Waals surface area contributed by atoms with Gasteiger partial charge in [0.2, 0.25) is 0 Å². The highest BCUT2D eigenvalue weighted by molar-refractivity contribution is 6.23. The summed E-state index contributed by atoms with van der Waals surface area (Å²) in [6.45, 7) is 0. The van der Waals surface area contributed by atoms with Crippen molar-refractivity contribution < 1.29 is 14.0 Å². The van der Waals surface area contributed by atoms with Gasteiger partial charge in [-0.05, 0) is 24.1 Å². The Morgan fingerprint density at radius 3 is 2.33 bits per heavy atom. The number of benzene rings is 2. The molecule has 2 heterocycles. The molecule has 0 fully saturated rings. The van der Waals surface area contributed by atoms with Crippen molar-refractivity contribution in [1.29, 1.82) is 0 Å². The van der Waals surface area contributed by atoms with Crippen molar-refractivity contribution >= 4 is 17.3 Å². The summed E-state index contributed by atoms with van der Waals surface area (Å²) < 4.78 is 5.60. The van der Waals surface area contributed by atoms with Crippen LogP contribution >= 0.6 is 0 Å². The predicted molar refractivity (Wildman–Crippen MR) is 113 cm³/mol. The third-order valence-electron chi connectivity index (χ3n) is 6.39. The molecule has 0 spiro atoms. The molecule has 0 bridgehead atoms. The Bertz CT molecular complexity index is 1250. The average molecular weight is 393 g/mol. The Hall–Kier alpha value is -3.66. The fraction of sp³-hybridized carbons (Fsp3) is 0.154. The van der Waals surface area contributed by atoms with Gasteiger partial charge in [0.15, 0.2) is 11.6 Å². The fourth-order valence-corrected chi connectivity index (χ4v) is 5.10. The van der Waals surface area contributed by atoms with Crippen LogP contribution in [0.2, 0.25) is 0 Å². The predicted octanol–water partition coefficient (Wildman–Crippen LogP) is 4.97. The lowest BCUT2D eigenvalue weighted by atomic mass is 9.72. The first kappa shape index (κ1) is 17.2. The molecular formula is C26H19NO3. The number of carbonyl (C=O) groups excluding carboxylic acids is 2. The van der Waals surface area contributed by atoms with E-state index in [1.165, 1.54) is 0 Å². The molecule has 30 heavy (non-hydrogen) atoms. The molecule has 4 heteroatoms. The maximum absolute atomic E-state index is 13.4. The van der Waals surface area contributed by atoms with Crippen LogP contribution in [0.1, 0.15) is 51.9 Å². The zero-order chi connectivity index (χ0) is 20.2. The van der Waals surface area contributed by atoms with E-state index in [0.29, 0.717) is 24.0 Å². The van der Waals surface area contributed by atoms with E-state index in [2.05, 4.69) is 5.32 Å². The van der Waals surface area contributed by atoms with E-state index < -0.39 is 0 Å². The third kappa shape index (κ3) is 2.40. The summed E-state index contributed by atoms with van der Waals surface area (Å²) in [4.78, 5) is 26.8. The molecule has 2 aromatic carbocycles. The Kier molecular flexibility index (Phi) is 3.69. The molecule has 3 aliphatic rings. The van der Waals surface area contributed by atoms with E-state index in [1.807, 2.05) is 66.7 Å². The van der Waals surface area contributed by atoms with E-state index in [-0.39, 0.29) is 23.4 Å². The van der Waals surface area contributed by atoms with Crippen molar-refractivity contribution in [2.75, 3.05) is 0 Å². The first-order valence-corrected chi connectivity index (χ1v) is 10.2. The molecule has 0 saturated heterocycles. The second kappa shape index (κ2) is 6.42. The number of carbonyl (C=O) groups is 2. The van der Waals surface area contributed by atoms with Crippen LogP contribution in [0.4, 0.5) is 0 Å². The molecule has 1 N–H and O–H groups in total. The van der Waals surface area contributed by atoms with Gasteiger partial charge in [0.1, 0.15) is 5.76 Å². The van der Waals surface area contributed by atoms with Crippen LogP contribution in [0.15, 0.2) is 94.3 Å². The molecular weight excluding hydrogens is 374 g/mol. The van der Waals surface area contributed by atoms with Crippen molar-refractivity contribution in [3.63, 3.8) is 0 Å². The Labute approximate surface area is 173 Å². The standard InChI is InChI=1S/C26H19NO3/c28-20-14-16(21-11-6-12-30-21)13-19-23(20)22(15-7-2-1-3-8-15)24-25(27-19)17-9-4-5-10-18(17)26(24)29/h1-12,16,22,27H,13-14H2. The van der Waals surface area contributed by atoms with Gasteiger partial charge >= 0.3 is 0 Å². The molecule has 4 nitrogen and oxygen atoms in total. The lowest BCUT2D eigenvalue weighted by molar-refractivity contribution is -0.116. The van der Waals surface area contributed by atoms with Gasteiger partial charge < -0.3 is 9.73 Å². The SMILES string of the molecule is O=C1CC(c2ccco2)CC2=C1C(c1ccccc1)C1=C(N2)c2ccccc2C1=O. The Morgan fingerprint density at radius 1 is 0.800 bits per heavy atom. The number of fused-ring (bicyclic) bond motifs is 2. The lowest BCUT2D eigenvalue weighted by Crippen LogP contribution is -2.33. The van der Waals surface area contributed by atoms with Gasteiger partial charge in [-0.2, -0.15) is 0 Å². The second-order valence-corrected chi connectivity index (χ2v) is 8.07. The van der Waals surface area contributed by atoms with E-state index in [1.54, 1.807) is 6.26 Å². The maximum atomic E-state index is 13.4. The molecule has 6 rings (SSSR count). The van der Waals surface area contributed by atoms with Gasteiger partial charge in [0, 0.05) is 46.2 Å². The first-order valence-electron chi connectivity index (χ1n) is 10.2. The summed E-state index contributed by atoms with van der Waals surface area (Å²) in [5.41, 5.74) is 5.75. The number of ketones is 2. The zero-order valence-electron chi connectivity index (χ0n) is 16.2. The zero-order valence-corrected chi connectivity index (χ0v) is 16.2. The highest BCUT2D eigenvalue weighted by Crippen LogP contribution is 2.50. The normalized spacial score (nSPS) is 22.5. The molecule has 0 saturated carbocycles. The number of Topliss-reactive ketones (excluding diaryl/α,β-unsaturated/α-hetero) is 2. The van der Waals surface area contributed by atoms with Crippen LogP contribution < -0.4 is 5.32 Å². The average Bonchev–Trinajstić information content (AvgIpc) is 3.41. The van der Waals surface area contributed by atoms with Gasteiger partial charge in [-0.1, -0.05) is 54.6 Å². The molecule has 2 aliphatic carbocycles. The number of rotatable bonds is 2. The van der Waals surface area contributed by atoms with Crippen molar-refractivity contribution in [1.82, 2.24) is 5.32 Å². The summed E-state index contributed by atoms with van der Waals surface area (Å²) >= 11 is 0. The van der Waals surface area contributed by atoms with Crippen LogP contribution in [-0.4, -0.2) is 11.6 Å². The molecule has 1 aliphatic heterocycles. The van der Waals surface area contributed by atoms with Gasteiger partial charge in [-0.3, -0.25) is 9.59 Å². The number of dihydropyridines is 1. The van der Waals surface area contributed by atoms with E-state index >= 15 is 0 Å². The fourth-order valence-electron chi connectivity index (χ4n) is 5.10. The van der Waals surface area contributed by atoms with Gasteiger partial charge in [-0.15, -0.1) is 0 Å². The molecule has 2 unspecified atom stereocenters. The lowest BCUT2D eigenvalue weighted by Gasteiger charge is -2.35. The number of nitrogens with one attached hydrogen (secondary N) is 1. The molecule has 2 atom stereocenters. The van der Waals surface area contributed by atoms with E-state index in [4.69, 9.17) is 4.42 Å². The summed E-state index contributed by atoms with van der Waals surface area (Å²) in [7, 11) is 0. The highest BCUT2D eigenvalue weighted by atomic mass is 16.3. The molecule has 1 aromatic heterocycles. The molecule has 0 amide bonds. The quantitative estimate of drug-likeness (QED) is 0.667. The van der Waals surface area contributed by atoms with Crippen LogP contribution in [0, 0.1) is 0 Å². The van der Waals surface area contributed by atoms with Gasteiger partial charge in [0.05, 0.1) is 12.0 Å². The van der Waals surface area contributed by atoms with E-state index in [9.17, 15) is 9.59 Å². The number of hydrogen-bond donors (Lipinski definition) is 1. The summed E-state index contributed by atoms with van der Waals surface area (Å²) in [5.74, 6) is 0.575. The van der Waals surface area contributed by atoms with Gasteiger partial charge in [0.25, 0.3) is 0 Å². The topological polar surface area (TPSA) is 59.3 Å². The Morgan fingerprint density at radius 2 is 1.57 bits per heavy atom. The summed E-state index contributed by atoms with van der Waals surface area (Å²) in [6, 6.07) is 21.4. The Balaban J connectivity index is 1.53. The largest absolute Gasteiger partial charge is 0.469 e. The second-order valence-electron chi connectivity index (χ2n) is 8.07. The minimum atomic E-state index is -0.345. The number of furan rings is 1. The van der Waals surface area contributed by atoms with Crippen molar-refractivity contribution in [3.05, 3.63) is 112 Å². The van der Waals surface area contributed by atoms with Crippen LogP contribution in [0.25, 0.3) is 5.70 Å². The minimum Gasteiger partial charge on any atom is -0.469 e. The number of hydrogen-bond acceptors (Lipinski definition) is 4. The number of allylic oxidation sites excluding steroid dienone is 3. The van der Waals surface area contributed by atoms with E-state index in [0.717, 1.165) is 33.9 Å². The summed E-state index contributed by atoms with van der Waals surface area (Å²) in [5, 5.41) is 3.50. The molecule has 3 aromatic rings. The third-order valence-corrected chi connectivity index (χ3v) is 6.39. The molecule has 146 valence electrons. The maximum Gasteiger partial charge on any atom is 0.192 e. The molecule has 0 radical (unpaired) electrons. The highest BCUT2D eigenvalue weighted by Gasteiger charge is 2.45. The smallest absolute Gasteiger partial charge is 0.192 e. The van der Waals surface area contributed by atoms with Crippen LogP contribution in [0.3, 0.4) is 0 Å². The van der Waals surface area contributed by atoms with Crippen molar-refractivity contribution in [3.8, 4) is 0 Å². The van der Waals surface area contributed by atoms with Crippen LogP contribution in [0.5, 0.6) is 0 Å². The summed E-state index contributed by atoms with van der Waals surface area (Å²) in [6.07, 6.45) is 2.73. The minimum absolute atomic E-state index is 0.00433. The first-order chi connectivity index (χ1) is 14.7. The van der Waals surface area contributed by atoms with Gasteiger partial charge in [-0.25, -0.2) is 0 Å². The van der Waals surface area contributed by atoms with Crippen LogP contribution in [-0.2, 0) is 4.79 Å². The van der Waals surface area contributed by atoms with Crippen molar-refractivity contribution in [2.24, 2.45) is 0 Å². The van der Waals surface area contributed by atoms with Crippen molar-refractivity contribution in [2.45, 2.75) is 24.7 Å².